The summed E-state index contributed by atoms with van der Waals surface area (Å²) in [5.74, 6) is 1.31. The van der Waals surface area contributed by atoms with Gasteiger partial charge in [0.05, 0.1) is 6.10 Å². The van der Waals surface area contributed by atoms with Crippen molar-refractivity contribution in [2.24, 2.45) is 0 Å². The van der Waals surface area contributed by atoms with Gasteiger partial charge in [0.25, 0.3) is 0 Å². The molecule has 1 atom stereocenters. The summed E-state index contributed by atoms with van der Waals surface area (Å²) < 4.78 is 5.62. The molecule has 1 aliphatic heterocycles. The number of nitrogens with zero attached hydrogens (tertiary/aromatic N) is 2. The summed E-state index contributed by atoms with van der Waals surface area (Å²) in [6.07, 6.45) is 2.48. The van der Waals surface area contributed by atoms with E-state index in [0.29, 0.717) is 17.9 Å². The van der Waals surface area contributed by atoms with Gasteiger partial charge in [-0.15, -0.1) is 0 Å². The zero-order valence-electron chi connectivity index (χ0n) is 11.4. The molecule has 1 aromatic rings. The lowest BCUT2D eigenvalue weighted by atomic mass is 10.1. The van der Waals surface area contributed by atoms with E-state index in [-0.39, 0.29) is 6.10 Å². The summed E-state index contributed by atoms with van der Waals surface area (Å²) in [6, 6.07) is 2.28. The molecule has 0 aliphatic carbocycles. The van der Waals surface area contributed by atoms with Crippen molar-refractivity contribution in [2.75, 3.05) is 18.4 Å². The topological polar surface area (TPSA) is 59.1 Å². The van der Waals surface area contributed by atoms with Crippen molar-refractivity contribution < 1.29 is 4.74 Å². The number of aryl methyl sites for hydroxylation is 1. The monoisotopic (exact) mass is 250 g/mol. The summed E-state index contributed by atoms with van der Waals surface area (Å²) in [5.41, 5.74) is 0.923. The number of hydrogen-bond acceptors (Lipinski definition) is 5. The summed E-state index contributed by atoms with van der Waals surface area (Å²) in [7, 11) is 0. The van der Waals surface area contributed by atoms with Crippen molar-refractivity contribution in [3.63, 3.8) is 0 Å². The van der Waals surface area contributed by atoms with Crippen LogP contribution in [-0.2, 0) is 0 Å². The highest BCUT2D eigenvalue weighted by molar-refractivity contribution is 5.32. The third kappa shape index (κ3) is 3.84. The van der Waals surface area contributed by atoms with Gasteiger partial charge in [0.15, 0.2) is 0 Å². The van der Waals surface area contributed by atoms with Gasteiger partial charge < -0.3 is 15.4 Å². The minimum absolute atomic E-state index is 0.128. The van der Waals surface area contributed by atoms with Gasteiger partial charge in [-0.05, 0) is 40.2 Å². The van der Waals surface area contributed by atoms with Crippen LogP contribution in [0.4, 0.5) is 5.95 Å². The van der Waals surface area contributed by atoms with Crippen LogP contribution in [0, 0.1) is 6.92 Å². The molecular weight excluding hydrogens is 228 g/mol. The van der Waals surface area contributed by atoms with E-state index in [1.54, 1.807) is 0 Å². The normalized spacial score (nSPS) is 19.9. The Morgan fingerprint density at radius 2 is 2.28 bits per heavy atom. The lowest BCUT2D eigenvalue weighted by Crippen LogP contribution is -2.38. The standard InChI is InChI=1S/C13H22N4O/c1-9(2)18-12-7-10(3)15-13(17-12)16-11-5-4-6-14-8-11/h7,9,11,14H,4-6,8H2,1-3H3,(H,15,16,17). The molecule has 18 heavy (non-hydrogen) atoms. The van der Waals surface area contributed by atoms with Crippen molar-refractivity contribution >= 4 is 5.95 Å². The number of aromatic nitrogens is 2. The van der Waals surface area contributed by atoms with E-state index in [1.165, 1.54) is 6.42 Å². The largest absolute Gasteiger partial charge is 0.475 e. The molecular formula is C13H22N4O. The molecule has 2 N–H and O–H groups in total. The van der Waals surface area contributed by atoms with Crippen molar-refractivity contribution in [3.8, 4) is 5.88 Å². The highest BCUT2D eigenvalue weighted by Gasteiger charge is 2.14. The molecule has 0 spiro atoms. The van der Waals surface area contributed by atoms with Crippen LogP contribution in [0.2, 0.25) is 0 Å². The molecule has 1 aliphatic rings. The SMILES string of the molecule is Cc1cc(OC(C)C)nc(NC2CCCNC2)n1. The van der Waals surface area contributed by atoms with Crippen LogP contribution >= 0.6 is 0 Å². The number of rotatable bonds is 4. The second kappa shape index (κ2) is 6.00. The van der Waals surface area contributed by atoms with Crippen LogP contribution in [0.5, 0.6) is 5.88 Å². The van der Waals surface area contributed by atoms with Gasteiger partial charge in [0.2, 0.25) is 11.8 Å². The highest BCUT2D eigenvalue weighted by atomic mass is 16.5. The van der Waals surface area contributed by atoms with E-state index < -0.39 is 0 Å². The molecule has 0 aromatic carbocycles. The summed E-state index contributed by atoms with van der Waals surface area (Å²) in [6.45, 7) is 8.02. The summed E-state index contributed by atoms with van der Waals surface area (Å²) >= 11 is 0. The Morgan fingerprint density at radius 1 is 1.44 bits per heavy atom. The molecule has 100 valence electrons. The molecule has 0 saturated carbocycles. The molecule has 5 heteroatoms. The zero-order valence-corrected chi connectivity index (χ0v) is 11.4. The molecule has 1 fully saturated rings. The summed E-state index contributed by atoms with van der Waals surface area (Å²) in [4.78, 5) is 8.80. The fraction of sp³-hybridized carbons (Fsp3) is 0.692. The third-order valence-corrected chi connectivity index (χ3v) is 2.82. The van der Waals surface area contributed by atoms with E-state index in [4.69, 9.17) is 4.74 Å². The molecule has 2 heterocycles. The van der Waals surface area contributed by atoms with Crippen molar-refractivity contribution in [3.05, 3.63) is 11.8 Å². The second-order valence-electron chi connectivity index (χ2n) is 5.03. The second-order valence-corrected chi connectivity index (χ2v) is 5.03. The first-order chi connectivity index (χ1) is 8.63. The van der Waals surface area contributed by atoms with Crippen LogP contribution in [0.25, 0.3) is 0 Å². The predicted octanol–water partition coefficient (Wildman–Crippen LogP) is 1.74. The van der Waals surface area contributed by atoms with Gasteiger partial charge in [-0.2, -0.15) is 4.98 Å². The first-order valence-corrected chi connectivity index (χ1v) is 6.63. The molecule has 1 aromatic heterocycles. The lowest BCUT2D eigenvalue weighted by Gasteiger charge is -2.24. The first kappa shape index (κ1) is 13.1. The number of ether oxygens (including phenoxy) is 1. The van der Waals surface area contributed by atoms with E-state index in [2.05, 4.69) is 20.6 Å². The maximum atomic E-state index is 5.62. The van der Waals surface area contributed by atoms with Gasteiger partial charge in [-0.25, -0.2) is 4.98 Å². The van der Waals surface area contributed by atoms with Crippen LogP contribution in [-0.4, -0.2) is 35.2 Å². The van der Waals surface area contributed by atoms with Crippen LogP contribution < -0.4 is 15.4 Å². The van der Waals surface area contributed by atoms with E-state index in [0.717, 1.165) is 25.2 Å². The van der Waals surface area contributed by atoms with Gasteiger partial charge in [0.1, 0.15) is 0 Å². The van der Waals surface area contributed by atoms with E-state index >= 15 is 0 Å². The van der Waals surface area contributed by atoms with Crippen LogP contribution in [0.1, 0.15) is 32.4 Å². The quantitative estimate of drug-likeness (QED) is 0.852. The smallest absolute Gasteiger partial charge is 0.226 e. The fourth-order valence-electron chi connectivity index (χ4n) is 2.06. The maximum Gasteiger partial charge on any atom is 0.226 e. The minimum Gasteiger partial charge on any atom is -0.475 e. The molecule has 1 unspecified atom stereocenters. The Balaban J connectivity index is 2.04. The van der Waals surface area contributed by atoms with Crippen molar-refractivity contribution in [1.29, 1.82) is 0 Å². The van der Waals surface area contributed by atoms with Gasteiger partial charge in [0, 0.05) is 24.3 Å². The fourth-order valence-corrected chi connectivity index (χ4v) is 2.06. The van der Waals surface area contributed by atoms with Crippen molar-refractivity contribution in [1.82, 2.24) is 15.3 Å². The zero-order chi connectivity index (χ0) is 13.0. The molecule has 0 amide bonds. The Kier molecular flexibility index (Phi) is 4.36. The Hall–Kier alpha value is -1.36. The molecule has 0 radical (unpaired) electrons. The number of piperidine rings is 1. The van der Waals surface area contributed by atoms with E-state index in [9.17, 15) is 0 Å². The van der Waals surface area contributed by atoms with Crippen LogP contribution in [0.15, 0.2) is 6.07 Å². The van der Waals surface area contributed by atoms with Gasteiger partial charge in [-0.1, -0.05) is 0 Å². The number of nitrogens with one attached hydrogen (secondary N) is 2. The van der Waals surface area contributed by atoms with Crippen LogP contribution in [0.3, 0.4) is 0 Å². The Morgan fingerprint density at radius 3 is 2.94 bits per heavy atom. The predicted molar refractivity (Wildman–Crippen MR) is 72.0 cm³/mol. The molecule has 5 nitrogen and oxygen atoms in total. The first-order valence-electron chi connectivity index (χ1n) is 6.63. The third-order valence-electron chi connectivity index (χ3n) is 2.82. The average Bonchev–Trinajstić information content (AvgIpc) is 2.28. The molecule has 1 saturated heterocycles. The lowest BCUT2D eigenvalue weighted by molar-refractivity contribution is 0.232. The summed E-state index contributed by atoms with van der Waals surface area (Å²) in [5, 5.41) is 6.74. The highest BCUT2D eigenvalue weighted by Crippen LogP contribution is 2.15. The van der Waals surface area contributed by atoms with E-state index in [1.807, 2.05) is 26.8 Å². The van der Waals surface area contributed by atoms with Gasteiger partial charge >= 0.3 is 0 Å². The Bertz CT molecular complexity index is 389. The van der Waals surface area contributed by atoms with Gasteiger partial charge in [-0.3, -0.25) is 0 Å². The Labute approximate surface area is 108 Å². The van der Waals surface area contributed by atoms with Crippen molar-refractivity contribution in [2.45, 2.75) is 45.8 Å². The average molecular weight is 250 g/mol. The molecule has 0 bridgehead atoms. The number of hydrogen-bond donors (Lipinski definition) is 2. The maximum absolute atomic E-state index is 5.62. The minimum atomic E-state index is 0.128. The number of anilines is 1. The molecule has 2 rings (SSSR count).